The lowest BCUT2D eigenvalue weighted by Crippen LogP contribution is -2.36. The third-order valence-electron chi connectivity index (χ3n) is 4.85. The summed E-state index contributed by atoms with van der Waals surface area (Å²) in [6.07, 6.45) is -2.93. The number of rotatable bonds is 3. The number of aryl methyl sites for hydroxylation is 1. The molecule has 0 atom stereocenters. The second-order valence-corrected chi connectivity index (χ2v) is 8.88. The highest BCUT2D eigenvalue weighted by Gasteiger charge is 2.34. The number of fused-ring (bicyclic) bond motifs is 1. The number of nitrogens with zero attached hydrogens (tertiary/aromatic N) is 1. The molecule has 3 aromatic rings. The first-order valence-electron chi connectivity index (χ1n) is 9.38. The lowest BCUT2D eigenvalue weighted by molar-refractivity contribution is -0.137. The van der Waals surface area contributed by atoms with E-state index in [9.17, 15) is 21.6 Å². The molecular formula is C23H18F3NO3S. The Morgan fingerprint density at radius 2 is 1.58 bits per heavy atom. The van der Waals surface area contributed by atoms with Crippen LogP contribution in [-0.4, -0.2) is 15.0 Å². The zero-order valence-corrected chi connectivity index (χ0v) is 17.2. The van der Waals surface area contributed by atoms with Crippen molar-refractivity contribution < 1.29 is 26.3 Å². The molecule has 0 amide bonds. The monoisotopic (exact) mass is 445 g/mol. The Morgan fingerprint density at radius 1 is 0.935 bits per heavy atom. The molecule has 1 heterocycles. The van der Waals surface area contributed by atoms with Gasteiger partial charge in [0.15, 0.2) is 0 Å². The largest absolute Gasteiger partial charge is 0.485 e. The molecule has 0 N–H and O–H groups in total. The number of hydrogen-bond donors (Lipinski definition) is 0. The van der Waals surface area contributed by atoms with Crippen LogP contribution in [0.2, 0.25) is 0 Å². The second-order valence-electron chi connectivity index (χ2n) is 7.09. The minimum absolute atomic E-state index is 0.0525. The highest BCUT2D eigenvalue weighted by atomic mass is 32.2. The van der Waals surface area contributed by atoms with Gasteiger partial charge in [-0.05, 0) is 55.0 Å². The van der Waals surface area contributed by atoms with Crippen LogP contribution in [0.15, 0.2) is 83.4 Å². The third-order valence-corrected chi connectivity index (χ3v) is 6.63. The normalized spacial score (nSPS) is 15.5. The Kier molecular flexibility index (Phi) is 5.26. The summed E-state index contributed by atoms with van der Waals surface area (Å²) in [7, 11) is -3.99. The predicted molar refractivity (Wildman–Crippen MR) is 112 cm³/mol. The number of hydrogen-bond acceptors (Lipinski definition) is 3. The van der Waals surface area contributed by atoms with E-state index in [1.165, 1.54) is 34.6 Å². The molecule has 0 saturated heterocycles. The predicted octanol–water partition coefficient (Wildman–Crippen LogP) is 5.64. The SMILES string of the molecule is Cc1ccc(S(=O)(=O)N2/C(=C/c3ccc(C(F)(F)F)cc3)COc3ccccc32)cc1. The molecule has 0 unspecified atom stereocenters. The van der Waals surface area contributed by atoms with Crippen LogP contribution in [-0.2, 0) is 16.2 Å². The number of ether oxygens (including phenoxy) is 1. The summed E-state index contributed by atoms with van der Waals surface area (Å²) in [5, 5.41) is 0. The van der Waals surface area contributed by atoms with Crippen LogP contribution in [0.25, 0.3) is 6.08 Å². The van der Waals surface area contributed by atoms with E-state index in [1.807, 2.05) is 6.92 Å². The van der Waals surface area contributed by atoms with Crippen molar-refractivity contribution in [3.05, 3.63) is 95.2 Å². The molecule has 1 aliphatic rings. The van der Waals surface area contributed by atoms with E-state index < -0.39 is 21.8 Å². The fourth-order valence-corrected chi connectivity index (χ4v) is 4.79. The molecule has 0 aliphatic carbocycles. The van der Waals surface area contributed by atoms with Crippen molar-refractivity contribution >= 4 is 21.8 Å². The van der Waals surface area contributed by atoms with Crippen LogP contribution in [0.1, 0.15) is 16.7 Å². The van der Waals surface area contributed by atoms with E-state index in [1.54, 1.807) is 36.4 Å². The smallest absolute Gasteiger partial charge is 0.416 e. The summed E-state index contributed by atoms with van der Waals surface area (Å²) in [6.45, 7) is 1.81. The van der Waals surface area contributed by atoms with Gasteiger partial charge in [-0.25, -0.2) is 12.7 Å². The Balaban J connectivity index is 1.82. The van der Waals surface area contributed by atoms with Gasteiger partial charge < -0.3 is 4.74 Å². The van der Waals surface area contributed by atoms with Crippen molar-refractivity contribution in [3.8, 4) is 5.75 Å². The van der Waals surface area contributed by atoms with Crippen LogP contribution in [0, 0.1) is 6.92 Å². The summed E-state index contributed by atoms with van der Waals surface area (Å²) < 4.78 is 72.5. The number of anilines is 1. The van der Waals surface area contributed by atoms with Crippen LogP contribution >= 0.6 is 0 Å². The molecule has 31 heavy (non-hydrogen) atoms. The fourth-order valence-electron chi connectivity index (χ4n) is 3.27. The summed E-state index contributed by atoms with van der Waals surface area (Å²) in [5.74, 6) is 0.405. The fraction of sp³-hybridized carbons (Fsp3) is 0.130. The van der Waals surface area contributed by atoms with Crippen LogP contribution in [0.5, 0.6) is 5.75 Å². The van der Waals surface area contributed by atoms with E-state index in [0.29, 0.717) is 22.7 Å². The molecule has 0 aromatic heterocycles. The molecule has 0 bridgehead atoms. The standard InChI is InChI=1S/C23H18F3NO3S/c1-16-6-12-20(13-7-16)31(28,29)27-19(15-30-22-5-3-2-4-21(22)27)14-17-8-10-18(11-9-17)23(24,25)26/h2-14H,15H2,1H3/b19-14+. The number of para-hydroxylation sites is 2. The lowest BCUT2D eigenvalue weighted by Gasteiger charge is -2.32. The molecule has 0 saturated carbocycles. The zero-order chi connectivity index (χ0) is 22.2. The maximum Gasteiger partial charge on any atom is 0.416 e. The Hall–Kier alpha value is -3.26. The van der Waals surface area contributed by atoms with Crippen molar-refractivity contribution in [2.24, 2.45) is 0 Å². The first-order chi connectivity index (χ1) is 14.7. The Bertz CT molecular complexity index is 1230. The molecule has 8 heteroatoms. The van der Waals surface area contributed by atoms with E-state index in [-0.39, 0.29) is 11.5 Å². The first kappa shape index (κ1) is 21.0. The van der Waals surface area contributed by atoms with Gasteiger partial charge in [-0.3, -0.25) is 0 Å². The minimum atomic E-state index is -4.45. The number of sulfonamides is 1. The first-order valence-corrected chi connectivity index (χ1v) is 10.8. The van der Waals surface area contributed by atoms with Gasteiger partial charge in [0.1, 0.15) is 12.4 Å². The summed E-state index contributed by atoms with van der Waals surface area (Å²) >= 11 is 0. The van der Waals surface area contributed by atoms with Crippen LogP contribution in [0.4, 0.5) is 18.9 Å². The maximum absolute atomic E-state index is 13.5. The van der Waals surface area contributed by atoms with E-state index >= 15 is 0 Å². The van der Waals surface area contributed by atoms with Crippen LogP contribution < -0.4 is 9.04 Å². The molecule has 0 spiro atoms. The average Bonchev–Trinajstić information content (AvgIpc) is 2.73. The molecule has 0 fully saturated rings. The van der Waals surface area contributed by atoms with E-state index in [2.05, 4.69) is 0 Å². The zero-order valence-electron chi connectivity index (χ0n) is 16.4. The third kappa shape index (κ3) is 4.16. The van der Waals surface area contributed by atoms with Crippen LogP contribution in [0.3, 0.4) is 0 Å². The maximum atomic E-state index is 13.5. The van der Waals surface area contributed by atoms with Gasteiger partial charge >= 0.3 is 6.18 Å². The summed E-state index contributed by atoms with van der Waals surface area (Å²) in [4.78, 5) is 0.105. The number of alkyl halides is 3. The topological polar surface area (TPSA) is 46.6 Å². The molecular weight excluding hydrogens is 427 g/mol. The van der Waals surface area contributed by atoms with Gasteiger partial charge in [-0.2, -0.15) is 13.2 Å². The second kappa shape index (κ2) is 7.77. The lowest BCUT2D eigenvalue weighted by atomic mass is 10.1. The summed E-state index contributed by atoms with van der Waals surface area (Å²) in [5.41, 5.74) is 1.20. The molecule has 3 aromatic carbocycles. The van der Waals surface area contributed by atoms with Gasteiger partial charge in [-0.1, -0.05) is 42.0 Å². The highest BCUT2D eigenvalue weighted by molar-refractivity contribution is 7.93. The molecule has 4 rings (SSSR count). The Morgan fingerprint density at radius 3 is 2.23 bits per heavy atom. The van der Waals surface area contributed by atoms with Crippen molar-refractivity contribution in [2.45, 2.75) is 18.0 Å². The highest BCUT2D eigenvalue weighted by Crippen LogP contribution is 2.39. The van der Waals surface area contributed by atoms with Crippen molar-refractivity contribution in [1.82, 2.24) is 0 Å². The van der Waals surface area contributed by atoms with Gasteiger partial charge in [0.25, 0.3) is 10.0 Å². The van der Waals surface area contributed by atoms with Gasteiger partial charge in [0, 0.05) is 0 Å². The molecule has 160 valence electrons. The van der Waals surface area contributed by atoms with Gasteiger partial charge in [-0.15, -0.1) is 0 Å². The number of benzene rings is 3. The molecule has 4 nitrogen and oxygen atoms in total. The van der Waals surface area contributed by atoms with Gasteiger partial charge in [0.05, 0.1) is 21.8 Å². The number of halogens is 3. The quantitative estimate of drug-likeness (QED) is 0.524. The minimum Gasteiger partial charge on any atom is -0.485 e. The molecule has 0 radical (unpaired) electrons. The molecule has 1 aliphatic heterocycles. The van der Waals surface area contributed by atoms with E-state index in [4.69, 9.17) is 4.74 Å². The van der Waals surface area contributed by atoms with Crippen molar-refractivity contribution in [3.63, 3.8) is 0 Å². The van der Waals surface area contributed by atoms with Crippen molar-refractivity contribution in [1.29, 1.82) is 0 Å². The van der Waals surface area contributed by atoms with Crippen molar-refractivity contribution in [2.75, 3.05) is 10.9 Å². The summed E-state index contributed by atoms with van der Waals surface area (Å²) in [6, 6.07) is 17.7. The van der Waals surface area contributed by atoms with Gasteiger partial charge in [0.2, 0.25) is 0 Å². The average molecular weight is 445 g/mol. The van der Waals surface area contributed by atoms with E-state index in [0.717, 1.165) is 17.7 Å². The Labute approximate surface area is 178 Å².